The molecule has 6 heteroatoms. The second kappa shape index (κ2) is 8.37. The third kappa shape index (κ3) is 3.89. The third-order valence-corrected chi connectivity index (χ3v) is 5.28. The van der Waals surface area contributed by atoms with Gasteiger partial charge in [-0.05, 0) is 41.8 Å². The molecule has 2 aromatic heterocycles. The predicted octanol–water partition coefficient (Wildman–Crippen LogP) is 6.09. The van der Waals surface area contributed by atoms with Crippen molar-refractivity contribution in [2.45, 2.75) is 13.3 Å². The lowest BCUT2D eigenvalue weighted by molar-refractivity contribution is 0.415. The zero-order valence-electron chi connectivity index (χ0n) is 15.1. The quantitative estimate of drug-likeness (QED) is 0.442. The summed E-state index contributed by atoms with van der Waals surface area (Å²) >= 11 is 1.64. The smallest absolute Gasteiger partial charge is 0.143 e. The van der Waals surface area contributed by atoms with E-state index >= 15 is 0 Å². The van der Waals surface area contributed by atoms with Crippen LogP contribution in [0.15, 0.2) is 60.2 Å². The summed E-state index contributed by atoms with van der Waals surface area (Å²) in [5.74, 6) is 1.65. The van der Waals surface area contributed by atoms with E-state index in [0.29, 0.717) is 0 Å². The van der Waals surface area contributed by atoms with Gasteiger partial charge >= 0.3 is 0 Å². The van der Waals surface area contributed by atoms with Crippen LogP contribution in [0.25, 0.3) is 21.3 Å². The highest BCUT2D eigenvalue weighted by Crippen LogP contribution is 2.37. The molecule has 0 fully saturated rings. The van der Waals surface area contributed by atoms with E-state index in [1.54, 1.807) is 24.8 Å². The van der Waals surface area contributed by atoms with Crippen LogP contribution in [0, 0.1) is 0 Å². The summed E-state index contributed by atoms with van der Waals surface area (Å²) < 4.78 is 5.22. The Kier molecular flexibility index (Phi) is 5.94. The van der Waals surface area contributed by atoms with Crippen molar-refractivity contribution < 1.29 is 4.74 Å². The Hall–Kier alpha value is -2.63. The van der Waals surface area contributed by atoms with Crippen LogP contribution < -0.4 is 10.1 Å². The number of ether oxygens (including phenoxy) is 1. The summed E-state index contributed by atoms with van der Waals surface area (Å²) in [5.41, 5.74) is 4.63. The van der Waals surface area contributed by atoms with Crippen LogP contribution in [0.2, 0.25) is 0 Å². The number of nitrogens with zero attached hydrogens (tertiary/aromatic N) is 2. The number of halogens is 1. The number of thiophene rings is 1. The fourth-order valence-corrected chi connectivity index (χ4v) is 3.83. The largest absolute Gasteiger partial charge is 0.497 e. The maximum atomic E-state index is 5.22. The van der Waals surface area contributed by atoms with Gasteiger partial charge in [0.05, 0.1) is 12.5 Å². The number of methoxy groups -OCH3 is 1. The number of aromatic nitrogens is 2. The van der Waals surface area contributed by atoms with Crippen molar-refractivity contribution >= 4 is 45.5 Å². The van der Waals surface area contributed by atoms with Gasteiger partial charge < -0.3 is 10.1 Å². The molecule has 0 aliphatic carbocycles. The lowest BCUT2D eigenvalue weighted by atomic mass is 10.0. The van der Waals surface area contributed by atoms with Gasteiger partial charge in [-0.1, -0.05) is 31.2 Å². The molecule has 0 bridgehead atoms. The van der Waals surface area contributed by atoms with E-state index in [1.807, 2.05) is 24.3 Å². The molecular formula is C21H20ClN3OS. The second-order valence-electron chi connectivity index (χ2n) is 5.96. The number of aryl methyl sites for hydroxylation is 1. The van der Waals surface area contributed by atoms with Gasteiger partial charge in [-0.25, -0.2) is 9.97 Å². The summed E-state index contributed by atoms with van der Waals surface area (Å²) in [6.45, 7) is 2.17. The van der Waals surface area contributed by atoms with Gasteiger partial charge in [0.1, 0.15) is 22.7 Å². The number of hydrogen-bond donors (Lipinski definition) is 1. The van der Waals surface area contributed by atoms with E-state index in [9.17, 15) is 0 Å². The van der Waals surface area contributed by atoms with E-state index in [1.165, 1.54) is 11.1 Å². The zero-order valence-corrected chi connectivity index (χ0v) is 16.7. The van der Waals surface area contributed by atoms with E-state index in [2.05, 4.69) is 51.9 Å². The Balaban J connectivity index is 0.00000210. The van der Waals surface area contributed by atoms with Crippen molar-refractivity contribution in [2.24, 2.45) is 0 Å². The van der Waals surface area contributed by atoms with E-state index in [4.69, 9.17) is 4.74 Å². The topological polar surface area (TPSA) is 47.0 Å². The molecule has 0 radical (unpaired) electrons. The second-order valence-corrected chi connectivity index (χ2v) is 6.81. The van der Waals surface area contributed by atoms with Crippen molar-refractivity contribution in [2.75, 3.05) is 12.4 Å². The number of rotatable bonds is 5. The summed E-state index contributed by atoms with van der Waals surface area (Å²) in [4.78, 5) is 9.91. The van der Waals surface area contributed by atoms with Crippen LogP contribution >= 0.6 is 23.7 Å². The third-order valence-electron chi connectivity index (χ3n) is 4.40. The molecule has 1 N–H and O–H groups in total. The number of nitrogens with one attached hydrogen (secondary N) is 1. The average molecular weight is 398 g/mol. The molecule has 0 aliphatic heterocycles. The van der Waals surface area contributed by atoms with Gasteiger partial charge in [-0.15, -0.1) is 23.7 Å². The van der Waals surface area contributed by atoms with Gasteiger partial charge in [0, 0.05) is 16.6 Å². The average Bonchev–Trinajstić information content (AvgIpc) is 3.14. The van der Waals surface area contributed by atoms with E-state index < -0.39 is 0 Å². The van der Waals surface area contributed by atoms with E-state index in [-0.39, 0.29) is 12.4 Å². The van der Waals surface area contributed by atoms with Gasteiger partial charge in [0.2, 0.25) is 0 Å². The van der Waals surface area contributed by atoms with Crippen molar-refractivity contribution in [3.63, 3.8) is 0 Å². The van der Waals surface area contributed by atoms with Crippen LogP contribution in [-0.4, -0.2) is 17.1 Å². The Labute approximate surface area is 168 Å². The molecular weight excluding hydrogens is 378 g/mol. The molecule has 0 unspecified atom stereocenters. The first kappa shape index (κ1) is 19.1. The van der Waals surface area contributed by atoms with Gasteiger partial charge in [-0.2, -0.15) is 0 Å². The highest BCUT2D eigenvalue weighted by molar-refractivity contribution is 7.17. The normalized spacial score (nSPS) is 10.4. The molecule has 0 spiro atoms. The Morgan fingerprint density at radius 3 is 2.41 bits per heavy atom. The van der Waals surface area contributed by atoms with Crippen LogP contribution in [-0.2, 0) is 6.42 Å². The van der Waals surface area contributed by atoms with Crippen LogP contribution in [0.3, 0.4) is 0 Å². The molecule has 4 nitrogen and oxygen atoms in total. The summed E-state index contributed by atoms with van der Waals surface area (Å²) in [7, 11) is 1.66. The molecule has 2 aromatic carbocycles. The first-order valence-corrected chi connectivity index (χ1v) is 9.39. The van der Waals surface area contributed by atoms with Crippen LogP contribution in [0.5, 0.6) is 5.75 Å². The van der Waals surface area contributed by atoms with Crippen LogP contribution in [0.4, 0.5) is 11.5 Å². The zero-order chi connectivity index (χ0) is 17.9. The van der Waals surface area contributed by atoms with Gasteiger partial charge in [0.15, 0.2) is 0 Å². The first-order chi connectivity index (χ1) is 12.8. The number of benzene rings is 2. The maximum Gasteiger partial charge on any atom is 0.143 e. The maximum absolute atomic E-state index is 5.22. The highest BCUT2D eigenvalue weighted by Gasteiger charge is 2.13. The van der Waals surface area contributed by atoms with Crippen molar-refractivity contribution in [3.05, 3.63) is 65.8 Å². The van der Waals surface area contributed by atoms with Crippen molar-refractivity contribution in [1.82, 2.24) is 9.97 Å². The Morgan fingerprint density at radius 2 is 1.74 bits per heavy atom. The molecule has 2 heterocycles. The standard InChI is InChI=1S/C21H19N3OS.ClH/c1-3-14-4-6-15(7-5-14)18-12-26-21-19(18)20(22-13-23-21)24-16-8-10-17(25-2)11-9-16;/h4-13H,3H2,1-2H3,(H,22,23,24);1H. The molecule has 0 atom stereocenters. The van der Waals surface area contributed by atoms with Gasteiger partial charge in [0.25, 0.3) is 0 Å². The molecule has 0 aliphatic rings. The first-order valence-electron chi connectivity index (χ1n) is 8.51. The highest BCUT2D eigenvalue weighted by atomic mass is 35.5. The fourth-order valence-electron chi connectivity index (χ4n) is 2.91. The minimum absolute atomic E-state index is 0. The number of fused-ring (bicyclic) bond motifs is 1. The summed E-state index contributed by atoms with van der Waals surface area (Å²) in [6.07, 6.45) is 2.65. The summed E-state index contributed by atoms with van der Waals surface area (Å²) in [6, 6.07) is 16.5. The summed E-state index contributed by atoms with van der Waals surface area (Å²) in [5, 5.41) is 6.62. The monoisotopic (exact) mass is 397 g/mol. The number of anilines is 2. The molecule has 4 rings (SSSR count). The lowest BCUT2D eigenvalue weighted by Crippen LogP contribution is -1.95. The fraction of sp³-hybridized carbons (Fsp3) is 0.143. The molecule has 4 aromatic rings. The SMILES string of the molecule is CCc1ccc(-c2csc3ncnc(Nc4ccc(OC)cc4)c23)cc1.Cl. The van der Waals surface area contributed by atoms with Crippen molar-refractivity contribution in [3.8, 4) is 16.9 Å². The van der Waals surface area contributed by atoms with E-state index in [0.717, 1.165) is 39.5 Å². The number of hydrogen-bond acceptors (Lipinski definition) is 5. The molecule has 0 saturated carbocycles. The molecule has 138 valence electrons. The minimum Gasteiger partial charge on any atom is -0.497 e. The lowest BCUT2D eigenvalue weighted by Gasteiger charge is -2.09. The minimum atomic E-state index is 0. The van der Waals surface area contributed by atoms with Gasteiger partial charge in [-0.3, -0.25) is 0 Å². The van der Waals surface area contributed by atoms with Crippen molar-refractivity contribution in [1.29, 1.82) is 0 Å². The molecule has 27 heavy (non-hydrogen) atoms. The Morgan fingerprint density at radius 1 is 1.00 bits per heavy atom. The van der Waals surface area contributed by atoms with Crippen LogP contribution in [0.1, 0.15) is 12.5 Å². The molecule has 0 amide bonds. The Bertz CT molecular complexity index is 1030. The predicted molar refractivity (Wildman–Crippen MR) is 116 cm³/mol. The molecule has 0 saturated heterocycles.